The van der Waals surface area contributed by atoms with Crippen LogP contribution in [-0.2, 0) is 9.59 Å². The second kappa shape index (κ2) is 12.0. The monoisotopic (exact) mass is 559 g/mol. The predicted octanol–water partition coefficient (Wildman–Crippen LogP) is 4.43. The fourth-order valence-electron chi connectivity index (χ4n) is 2.79. The number of nitrogens with zero attached hydrogens (tertiary/aromatic N) is 1. The molecule has 0 aliphatic carbocycles. The van der Waals surface area contributed by atoms with Crippen molar-refractivity contribution in [2.45, 2.75) is 0 Å². The summed E-state index contributed by atoms with van der Waals surface area (Å²) in [5.74, 6) is -1.60. The van der Waals surface area contributed by atoms with Crippen LogP contribution >= 0.6 is 27.5 Å². The van der Waals surface area contributed by atoms with Crippen LogP contribution in [0.1, 0.15) is 15.9 Å². The first-order valence-corrected chi connectivity index (χ1v) is 11.1. The van der Waals surface area contributed by atoms with E-state index in [2.05, 4.69) is 31.8 Å². The number of hydrazone groups is 1. The Hall–Kier alpha value is -3.89. The van der Waals surface area contributed by atoms with Gasteiger partial charge >= 0.3 is 17.8 Å². The Morgan fingerprint density at radius 3 is 2.34 bits per heavy atom. The number of esters is 1. The van der Waals surface area contributed by atoms with Crippen LogP contribution in [0, 0.1) is 0 Å². The average Bonchev–Trinajstić information content (AvgIpc) is 2.86. The minimum absolute atomic E-state index is 0.173. The van der Waals surface area contributed by atoms with Crippen molar-refractivity contribution in [3.8, 4) is 17.2 Å². The van der Waals surface area contributed by atoms with E-state index in [1.54, 1.807) is 48.5 Å². The molecule has 0 aromatic heterocycles. The lowest BCUT2D eigenvalue weighted by molar-refractivity contribution is -0.136. The second-order valence-electron chi connectivity index (χ2n) is 6.77. The molecule has 2 amide bonds. The molecule has 9 nitrogen and oxygen atoms in total. The summed E-state index contributed by atoms with van der Waals surface area (Å²) < 4.78 is 16.6. The van der Waals surface area contributed by atoms with Gasteiger partial charge in [0.1, 0.15) is 5.75 Å². The zero-order valence-corrected chi connectivity index (χ0v) is 20.8. The van der Waals surface area contributed by atoms with Crippen LogP contribution in [0.5, 0.6) is 17.2 Å². The Morgan fingerprint density at radius 1 is 0.914 bits per heavy atom. The van der Waals surface area contributed by atoms with Gasteiger partial charge in [-0.2, -0.15) is 5.10 Å². The molecular formula is C24H19BrClN3O6. The topological polar surface area (TPSA) is 115 Å². The lowest BCUT2D eigenvalue weighted by atomic mass is 10.2. The summed E-state index contributed by atoms with van der Waals surface area (Å²) in [5.41, 5.74) is 3.00. The lowest BCUT2D eigenvalue weighted by Crippen LogP contribution is -2.32. The highest BCUT2D eigenvalue weighted by molar-refractivity contribution is 9.10. The molecule has 2 N–H and O–H groups in total. The Morgan fingerprint density at radius 2 is 1.63 bits per heavy atom. The number of methoxy groups -OCH3 is 2. The highest BCUT2D eigenvalue weighted by Gasteiger charge is 2.16. The molecule has 0 spiro atoms. The zero-order valence-electron chi connectivity index (χ0n) is 18.5. The van der Waals surface area contributed by atoms with E-state index >= 15 is 0 Å². The maximum absolute atomic E-state index is 12.7. The van der Waals surface area contributed by atoms with Crippen molar-refractivity contribution in [2.75, 3.05) is 19.5 Å². The number of amides is 2. The molecule has 3 aromatic carbocycles. The van der Waals surface area contributed by atoms with Gasteiger partial charge in [0.2, 0.25) is 0 Å². The Bertz CT molecular complexity index is 1300. The van der Waals surface area contributed by atoms with Gasteiger partial charge in [0, 0.05) is 10.0 Å². The summed E-state index contributed by atoms with van der Waals surface area (Å²) in [5, 5.41) is 6.46. The quantitative estimate of drug-likeness (QED) is 0.145. The lowest BCUT2D eigenvalue weighted by Gasteiger charge is -2.11. The van der Waals surface area contributed by atoms with Gasteiger partial charge in [-0.1, -0.05) is 39.7 Å². The van der Waals surface area contributed by atoms with Crippen molar-refractivity contribution in [1.29, 1.82) is 0 Å². The summed E-state index contributed by atoms with van der Waals surface area (Å²) in [6.45, 7) is 0. The Balaban J connectivity index is 1.70. The number of rotatable bonds is 7. The maximum Gasteiger partial charge on any atom is 0.343 e. The number of hydrogen-bond acceptors (Lipinski definition) is 7. The van der Waals surface area contributed by atoms with Gasteiger partial charge in [0.25, 0.3) is 0 Å². The first-order valence-electron chi connectivity index (χ1n) is 9.95. The largest absolute Gasteiger partial charge is 0.493 e. The van der Waals surface area contributed by atoms with Crippen LogP contribution < -0.4 is 25.0 Å². The molecule has 0 aliphatic rings. The highest BCUT2D eigenvalue weighted by Crippen LogP contribution is 2.29. The smallest absolute Gasteiger partial charge is 0.343 e. The molecule has 180 valence electrons. The molecule has 0 atom stereocenters. The minimum atomic E-state index is -1.01. The van der Waals surface area contributed by atoms with Crippen LogP contribution in [-0.4, -0.2) is 38.2 Å². The molecular weight excluding hydrogens is 542 g/mol. The van der Waals surface area contributed by atoms with Crippen LogP contribution in [0.15, 0.2) is 70.2 Å². The fraction of sp³-hybridized carbons (Fsp3) is 0.0833. The maximum atomic E-state index is 12.7. The van der Waals surface area contributed by atoms with Crippen LogP contribution in [0.3, 0.4) is 0 Å². The normalized spacial score (nSPS) is 10.5. The van der Waals surface area contributed by atoms with E-state index in [0.29, 0.717) is 21.5 Å². The van der Waals surface area contributed by atoms with Crippen molar-refractivity contribution in [3.05, 3.63) is 81.3 Å². The van der Waals surface area contributed by atoms with E-state index in [0.717, 1.165) is 0 Å². The molecule has 0 aliphatic heterocycles. The standard InChI is InChI=1S/C24H19BrClN3O6/c1-33-20-9-7-14(12-21(20)34-2)24(32)35-19-10-8-16(25)11-15(19)13-27-29-23(31)22(30)28-18-6-4-3-5-17(18)26/h3-13H,1-2H3,(H,28,30)(H,29,31)/b27-13+. The molecule has 35 heavy (non-hydrogen) atoms. The third-order valence-electron chi connectivity index (χ3n) is 4.49. The number of benzene rings is 3. The van der Waals surface area contributed by atoms with Gasteiger partial charge in [0.15, 0.2) is 11.5 Å². The van der Waals surface area contributed by atoms with E-state index in [1.807, 2.05) is 0 Å². The molecule has 0 unspecified atom stereocenters. The van der Waals surface area contributed by atoms with E-state index in [9.17, 15) is 14.4 Å². The van der Waals surface area contributed by atoms with Crippen molar-refractivity contribution in [2.24, 2.45) is 5.10 Å². The summed E-state index contributed by atoms with van der Waals surface area (Å²) >= 11 is 9.31. The highest BCUT2D eigenvalue weighted by atomic mass is 79.9. The number of carbonyl (C=O) groups is 3. The third kappa shape index (κ3) is 6.81. The van der Waals surface area contributed by atoms with Gasteiger partial charge in [-0.05, 0) is 48.5 Å². The first-order chi connectivity index (χ1) is 16.8. The van der Waals surface area contributed by atoms with Crippen LogP contribution in [0.2, 0.25) is 5.02 Å². The molecule has 3 rings (SSSR count). The third-order valence-corrected chi connectivity index (χ3v) is 5.31. The zero-order chi connectivity index (χ0) is 25.4. The number of anilines is 1. The van der Waals surface area contributed by atoms with Gasteiger partial charge in [-0.25, -0.2) is 10.2 Å². The predicted molar refractivity (Wildman–Crippen MR) is 134 cm³/mol. The molecule has 3 aromatic rings. The van der Waals surface area contributed by atoms with E-state index in [4.69, 9.17) is 25.8 Å². The van der Waals surface area contributed by atoms with Crippen molar-refractivity contribution < 1.29 is 28.6 Å². The number of ether oxygens (including phenoxy) is 3. The average molecular weight is 561 g/mol. The van der Waals surface area contributed by atoms with Crippen LogP contribution in [0.25, 0.3) is 0 Å². The molecule has 0 bridgehead atoms. The number of hydrogen-bond donors (Lipinski definition) is 2. The molecule has 0 fully saturated rings. The number of para-hydroxylation sites is 1. The van der Waals surface area contributed by atoms with Crippen molar-refractivity contribution >= 4 is 57.2 Å². The molecule has 0 radical (unpaired) electrons. The summed E-state index contributed by atoms with van der Waals surface area (Å²) in [4.78, 5) is 36.8. The summed E-state index contributed by atoms with van der Waals surface area (Å²) in [7, 11) is 2.95. The Labute approximate surface area is 214 Å². The van der Waals surface area contributed by atoms with Gasteiger partial charge in [-0.15, -0.1) is 0 Å². The van der Waals surface area contributed by atoms with Gasteiger partial charge in [0.05, 0.1) is 36.7 Å². The minimum Gasteiger partial charge on any atom is -0.493 e. The Kier molecular flexibility index (Phi) is 8.82. The van der Waals surface area contributed by atoms with E-state index < -0.39 is 17.8 Å². The molecule has 0 saturated heterocycles. The van der Waals surface area contributed by atoms with Gasteiger partial charge < -0.3 is 19.5 Å². The number of nitrogens with one attached hydrogen (secondary N) is 2. The van der Waals surface area contributed by atoms with Gasteiger partial charge in [-0.3, -0.25) is 9.59 Å². The van der Waals surface area contributed by atoms with Crippen molar-refractivity contribution in [1.82, 2.24) is 5.43 Å². The number of halogens is 2. The summed E-state index contributed by atoms with van der Waals surface area (Å²) in [6, 6.07) is 15.9. The fourth-order valence-corrected chi connectivity index (χ4v) is 3.35. The van der Waals surface area contributed by atoms with Crippen molar-refractivity contribution in [3.63, 3.8) is 0 Å². The first kappa shape index (κ1) is 25.7. The number of carbonyl (C=O) groups excluding carboxylic acids is 3. The molecule has 0 saturated carbocycles. The summed E-state index contributed by atoms with van der Waals surface area (Å²) in [6.07, 6.45) is 1.24. The SMILES string of the molecule is COc1ccc(C(=O)Oc2ccc(Br)cc2/C=N/NC(=O)C(=O)Nc2ccccc2Cl)cc1OC. The molecule has 0 heterocycles. The van der Waals surface area contributed by atoms with E-state index in [1.165, 1.54) is 32.6 Å². The van der Waals surface area contributed by atoms with Crippen LogP contribution in [0.4, 0.5) is 5.69 Å². The van der Waals surface area contributed by atoms with E-state index in [-0.39, 0.29) is 22.0 Å². The second-order valence-corrected chi connectivity index (χ2v) is 8.10. The molecule has 11 heteroatoms.